The Balaban J connectivity index is 1.57. The first kappa shape index (κ1) is 17.2. The summed E-state index contributed by atoms with van der Waals surface area (Å²) in [6.45, 7) is 1.78. The van der Waals surface area contributed by atoms with Gasteiger partial charge in [-0.1, -0.05) is 0 Å². The van der Waals surface area contributed by atoms with E-state index in [1.54, 1.807) is 9.80 Å². The molecule has 2 aliphatic rings. The molecular formula is C14H16F3N5O3. The minimum Gasteiger partial charge on any atom is -0.465 e. The molecule has 1 aromatic heterocycles. The van der Waals surface area contributed by atoms with Crippen LogP contribution >= 0.6 is 0 Å². The summed E-state index contributed by atoms with van der Waals surface area (Å²) in [5, 5.41) is 8.97. The largest absolute Gasteiger partial charge is 0.465 e. The van der Waals surface area contributed by atoms with Crippen LogP contribution in [0.4, 0.5) is 23.9 Å². The Labute approximate surface area is 140 Å². The zero-order valence-electron chi connectivity index (χ0n) is 13.1. The van der Waals surface area contributed by atoms with E-state index in [-0.39, 0.29) is 11.9 Å². The van der Waals surface area contributed by atoms with E-state index in [1.165, 1.54) is 0 Å². The van der Waals surface area contributed by atoms with Gasteiger partial charge in [-0.15, -0.1) is 0 Å². The van der Waals surface area contributed by atoms with E-state index < -0.39 is 23.9 Å². The van der Waals surface area contributed by atoms with Gasteiger partial charge in [0.05, 0.1) is 5.56 Å². The molecule has 136 valence electrons. The Hall–Kier alpha value is -2.59. The Kier molecular flexibility index (Phi) is 4.39. The van der Waals surface area contributed by atoms with Gasteiger partial charge in [0.15, 0.2) is 0 Å². The first-order chi connectivity index (χ1) is 11.8. The van der Waals surface area contributed by atoms with Crippen molar-refractivity contribution in [3.8, 4) is 0 Å². The first-order valence-corrected chi connectivity index (χ1v) is 7.70. The van der Waals surface area contributed by atoms with Gasteiger partial charge in [-0.25, -0.2) is 14.8 Å². The number of rotatable bonds is 2. The second-order valence-electron chi connectivity index (χ2n) is 5.86. The predicted octanol–water partition coefficient (Wildman–Crippen LogP) is 0.896. The van der Waals surface area contributed by atoms with Crippen LogP contribution in [-0.2, 0) is 11.0 Å². The molecule has 3 heterocycles. The number of piperazine rings is 1. The zero-order valence-corrected chi connectivity index (χ0v) is 13.1. The highest BCUT2D eigenvalue weighted by molar-refractivity contribution is 5.87. The third-order valence-electron chi connectivity index (χ3n) is 4.39. The maximum atomic E-state index is 12.5. The van der Waals surface area contributed by atoms with E-state index >= 15 is 0 Å². The summed E-state index contributed by atoms with van der Waals surface area (Å²) >= 11 is 0. The maximum absolute atomic E-state index is 12.5. The van der Waals surface area contributed by atoms with Crippen LogP contribution in [0.5, 0.6) is 0 Å². The highest BCUT2D eigenvalue weighted by atomic mass is 19.4. The molecule has 8 nitrogen and oxygen atoms in total. The molecule has 1 aromatic rings. The van der Waals surface area contributed by atoms with Crippen LogP contribution in [0.25, 0.3) is 0 Å². The Morgan fingerprint density at radius 3 is 2.12 bits per heavy atom. The summed E-state index contributed by atoms with van der Waals surface area (Å²) < 4.78 is 37.6. The van der Waals surface area contributed by atoms with Crippen molar-refractivity contribution < 1.29 is 27.9 Å². The van der Waals surface area contributed by atoms with Crippen LogP contribution in [0.1, 0.15) is 12.0 Å². The summed E-state index contributed by atoms with van der Waals surface area (Å²) in [5.41, 5.74) is -0.913. The molecule has 2 saturated heterocycles. The Morgan fingerprint density at radius 2 is 1.68 bits per heavy atom. The molecule has 2 fully saturated rings. The summed E-state index contributed by atoms with van der Waals surface area (Å²) in [7, 11) is 0. The van der Waals surface area contributed by atoms with E-state index in [4.69, 9.17) is 5.11 Å². The molecule has 0 spiro atoms. The van der Waals surface area contributed by atoms with Gasteiger partial charge >= 0.3 is 12.3 Å². The van der Waals surface area contributed by atoms with E-state index in [1.807, 2.05) is 0 Å². The van der Waals surface area contributed by atoms with Gasteiger partial charge in [0, 0.05) is 45.1 Å². The van der Waals surface area contributed by atoms with Gasteiger partial charge in [0.25, 0.3) is 0 Å². The number of hydrogen-bond acceptors (Lipinski definition) is 5. The highest BCUT2D eigenvalue weighted by Gasteiger charge is 2.40. The molecule has 1 atom stereocenters. The Bertz CT molecular complexity index is 659. The van der Waals surface area contributed by atoms with Gasteiger partial charge in [0.2, 0.25) is 11.9 Å². The van der Waals surface area contributed by atoms with E-state index in [2.05, 4.69) is 9.97 Å². The molecule has 1 N–H and O–H groups in total. The minimum atomic E-state index is -4.48. The van der Waals surface area contributed by atoms with Crippen molar-refractivity contribution in [2.24, 2.45) is 0 Å². The summed E-state index contributed by atoms with van der Waals surface area (Å²) in [5.74, 6) is -0.0578. The minimum absolute atomic E-state index is 0.177. The van der Waals surface area contributed by atoms with Gasteiger partial charge < -0.3 is 14.9 Å². The normalized spacial score (nSPS) is 21.1. The fourth-order valence-electron chi connectivity index (χ4n) is 2.84. The number of aromatic nitrogens is 2. The highest BCUT2D eigenvalue weighted by Crippen LogP contribution is 2.28. The second kappa shape index (κ2) is 6.37. The number of hydrogen-bond donors (Lipinski definition) is 1. The summed E-state index contributed by atoms with van der Waals surface area (Å²) in [6, 6.07) is -0.633. The van der Waals surface area contributed by atoms with Crippen molar-refractivity contribution >= 4 is 17.9 Å². The summed E-state index contributed by atoms with van der Waals surface area (Å²) in [4.78, 5) is 35.2. The van der Waals surface area contributed by atoms with Crippen LogP contribution in [-0.4, -0.2) is 75.6 Å². The number of nitrogens with zero attached hydrogens (tertiary/aromatic N) is 5. The van der Waals surface area contributed by atoms with Crippen molar-refractivity contribution in [2.45, 2.75) is 18.6 Å². The lowest BCUT2D eigenvalue weighted by Crippen LogP contribution is -2.61. The lowest BCUT2D eigenvalue weighted by molar-refractivity contribution is -0.140. The first-order valence-electron chi connectivity index (χ1n) is 7.70. The fourth-order valence-corrected chi connectivity index (χ4v) is 2.84. The van der Waals surface area contributed by atoms with Crippen molar-refractivity contribution in [1.29, 1.82) is 0 Å². The molecule has 2 amide bonds. The van der Waals surface area contributed by atoms with E-state index in [9.17, 15) is 22.8 Å². The maximum Gasteiger partial charge on any atom is 0.419 e. The second-order valence-corrected chi connectivity index (χ2v) is 5.86. The SMILES string of the molecule is O=C([C@@H]1CCN1C(=O)O)N1CCN(c2ncc(C(F)(F)F)cn2)CC1. The third-order valence-corrected chi connectivity index (χ3v) is 4.39. The number of carbonyl (C=O) groups excluding carboxylic acids is 1. The molecule has 0 radical (unpaired) electrons. The molecule has 11 heteroatoms. The average molecular weight is 359 g/mol. The monoisotopic (exact) mass is 359 g/mol. The van der Waals surface area contributed by atoms with Crippen LogP contribution in [0.15, 0.2) is 12.4 Å². The van der Waals surface area contributed by atoms with Crippen LogP contribution in [0, 0.1) is 0 Å². The third kappa shape index (κ3) is 3.44. The Morgan fingerprint density at radius 1 is 1.08 bits per heavy atom. The quantitative estimate of drug-likeness (QED) is 0.844. The molecule has 2 aliphatic heterocycles. The number of alkyl halides is 3. The molecule has 0 unspecified atom stereocenters. The lowest BCUT2D eigenvalue weighted by atomic mass is 10.0. The molecule has 0 aromatic carbocycles. The molecule has 0 saturated carbocycles. The van der Waals surface area contributed by atoms with Gasteiger partial charge in [-0.05, 0) is 6.42 Å². The van der Waals surface area contributed by atoms with Gasteiger partial charge in [0.1, 0.15) is 6.04 Å². The molecule has 0 bridgehead atoms. The van der Waals surface area contributed by atoms with Gasteiger partial charge in [-0.2, -0.15) is 13.2 Å². The zero-order chi connectivity index (χ0) is 18.2. The molecule has 25 heavy (non-hydrogen) atoms. The molecule has 3 rings (SSSR count). The van der Waals surface area contributed by atoms with Crippen molar-refractivity contribution in [3.63, 3.8) is 0 Å². The number of anilines is 1. The van der Waals surface area contributed by atoms with Crippen molar-refractivity contribution in [2.75, 3.05) is 37.6 Å². The predicted molar refractivity (Wildman–Crippen MR) is 79.0 cm³/mol. The number of carboxylic acid groups (broad SMARTS) is 1. The van der Waals surface area contributed by atoms with Crippen LogP contribution in [0.2, 0.25) is 0 Å². The average Bonchev–Trinajstić information content (AvgIpc) is 2.52. The van der Waals surface area contributed by atoms with Crippen LogP contribution in [0.3, 0.4) is 0 Å². The van der Waals surface area contributed by atoms with E-state index in [0.29, 0.717) is 39.1 Å². The lowest BCUT2D eigenvalue weighted by Gasteiger charge is -2.42. The summed E-state index contributed by atoms with van der Waals surface area (Å²) in [6.07, 6.45) is -3.62. The topological polar surface area (TPSA) is 89.9 Å². The van der Waals surface area contributed by atoms with E-state index in [0.717, 1.165) is 17.3 Å². The van der Waals surface area contributed by atoms with Gasteiger partial charge in [-0.3, -0.25) is 9.69 Å². The number of likely N-dealkylation sites (tertiary alicyclic amines) is 1. The van der Waals surface area contributed by atoms with Crippen LogP contribution < -0.4 is 4.90 Å². The smallest absolute Gasteiger partial charge is 0.419 e. The van der Waals surface area contributed by atoms with Crippen molar-refractivity contribution in [3.05, 3.63) is 18.0 Å². The number of halogens is 3. The number of amides is 2. The molecule has 0 aliphatic carbocycles. The molecular weight excluding hydrogens is 343 g/mol. The standard InChI is InChI=1S/C14H16F3N5O3/c15-14(16,17)9-7-18-12(19-8-9)21-5-3-20(4-6-21)11(23)10-1-2-22(10)13(24)25/h7-8,10H,1-6H2,(H,24,25)/t10-/m0/s1. The number of carbonyl (C=O) groups is 2. The van der Waals surface area contributed by atoms with Crippen molar-refractivity contribution in [1.82, 2.24) is 19.8 Å². The fraction of sp³-hybridized carbons (Fsp3) is 0.571.